The molecular formula is C13H23N3O3. The molecule has 0 aliphatic rings. The molecule has 0 aromatic carbocycles. The van der Waals surface area contributed by atoms with Gasteiger partial charge in [-0.2, -0.15) is 5.26 Å². The van der Waals surface area contributed by atoms with Crippen molar-refractivity contribution in [1.29, 1.82) is 5.26 Å². The van der Waals surface area contributed by atoms with Gasteiger partial charge in [0.2, 0.25) is 5.91 Å². The second kappa shape index (κ2) is 7.74. The van der Waals surface area contributed by atoms with Gasteiger partial charge in [0, 0.05) is 0 Å². The number of hydrogen-bond donors (Lipinski definition) is 1. The van der Waals surface area contributed by atoms with E-state index in [1.807, 2.05) is 13.8 Å². The molecule has 0 radical (unpaired) electrons. The zero-order valence-corrected chi connectivity index (χ0v) is 12.3. The van der Waals surface area contributed by atoms with Gasteiger partial charge in [-0.3, -0.25) is 14.5 Å². The maximum atomic E-state index is 11.8. The molecule has 1 unspecified atom stereocenters. The molecule has 19 heavy (non-hydrogen) atoms. The fourth-order valence-corrected chi connectivity index (χ4v) is 1.36. The number of amides is 1. The second-order valence-corrected chi connectivity index (χ2v) is 4.99. The average molecular weight is 269 g/mol. The van der Waals surface area contributed by atoms with Crippen LogP contribution < -0.4 is 5.32 Å². The topological polar surface area (TPSA) is 82.4 Å². The Labute approximate surface area is 114 Å². The van der Waals surface area contributed by atoms with E-state index < -0.39 is 5.54 Å². The lowest BCUT2D eigenvalue weighted by Crippen LogP contribution is -2.51. The molecule has 0 aromatic heterocycles. The van der Waals surface area contributed by atoms with Crippen LogP contribution in [0.15, 0.2) is 0 Å². The maximum absolute atomic E-state index is 11.8. The SMILES string of the molecule is CCOC(=O)CN(C)CC(=O)NC(C)(C#N)C(C)C. The van der Waals surface area contributed by atoms with Gasteiger partial charge >= 0.3 is 5.97 Å². The molecule has 0 saturated heterocycles. The molecule has 0 aliphatic heterocycles. The fraction of sp³-hybridized carbons (Fsp3) is 0.769. The zero-order valence-electron chi connectivity index (χ0n) is 12.3. The first-order valence-electron chi connectivity index (χ1n) is 6.31. The van der Waals surface area contributed by atoms with E-state index in [1.54, 1.807) is 25.8 Å². The summed E-state index contributed by atoms with van der Waals surface area (Å²) in [6, 6.07) is 2.10. The van der Waals surface area contributed by atoms with Gasteiger partial charge in [0.1, 0.15) is 5.54 Å². The summed E-state index contributed by atoms with van der Waals surface area (Å²) >= 11 is 0. The van der Waals surface area contributed by atoms with E-state index in [0.29, 0.717) is 6.61 Å². The first kappa shape index (κ1) is 17.4. The summed E-state index contributed by atoms with van der Waals surface area (Å²) in [5.41, 5.74) is -0.901. The lowest BCUT2D eigenvalue weighted by Gasteiger charge is -2.28. The van der Waals surface area contributed by atoms with Crippen molar-refractivity contribution >= 4 is 11.9 Å². The highest BCUT2D eigenvalue weighted by Crippen LogP contribution is 2.14. The monoisotopic (exact) mass is 269 g/mol. The third-order valence-corrected chi connectivity index (χ3v) is 2.90. The van der Waals surface area contributed by atoms with E-state index in [9.17, 15) is 9.59 Å². The van der Waals surface area contributed by atoms with Crippen molar-refractivity contribution in [3.05, 3.63) is 0 Å². The number of nitrogens with zero attached hydrogens (tertiary/aromatic N) is 2. The molecule has 0 rings (SSSR count). The number of rotatable bonds is 7. The van der Waals surface area contributed by atoms with E-state index in [-0.39, 0.29) is 30.9 Å². The number of carbonyl (C=O) groups excluding carboxylic acids is 2. The molecule has 1 atom stereocenters. The third-order valence-electron chi connectivity index (χ3n) is 2.90. The molecule has 0 spiro atoms. The summed E-state index contributed by atoms with van der Waals surface area (Å²) in [6.07, 6.45) is 0. The summed E-state index contributed by atoms with van der Waals surface area (Å²) in [7, 11) is 1.65. The molecule has 108 valence electrons. The van der Waals surface area contributed by atoms with Crippen LogP contribution in [-0.2, 0) is 14.3 Å². The largest absolute Gasteiger partial charge is 0.465 e. The Bertz CT molecular complexity index is 363. The van der Waals surface area contributed by atoms with Crippen LogP contribution in [0.3, 0.4) is 0 Å². The number of esters is 1. The van der Waals surface area contributed by atoms with Crippen molar-refractivity contribution in [3.8, 4) is 6.07 Å². The smallest absolute Gasteiger partial charge is 0.320 e. The predicted molar refractivity (Wildman–Crippen MR) is 71.1 cm³/mol. The average Bonchev–Trinajstić information content (AvgIpc) is 2.27. The molecular weight excluding hydrogens is 246 g/mol. The first-order chi connectivity index (χ1) is 8.75. The van der Waals surface area contributed by atoms with Crippen LogP contribution in [0.2, 0.25) is 0 Å². The summed E-state index contributed by atoms with van der Waals surface area (Å²) in [5.74, 6) is -0.661. The maximum Gasteiger partial charge on any atom is 0.320 e. The summed E-state index contributed by atoms with van der Waals surface area (Å²) in [4.78, 5) is 24.6. The Morgan fingerprint density at radius 2 is 2.00 bits per heavy atom. The van der Waals surface area contributed by atoms with Gasteiger partial charge in [-0.25, -0.2) is 0 Å². The Hall–Kier alpha value is -1.61. The van der Waals surface area contributed by atoms with Gasteiger partial charge in [-0.05, 0) is 26.8 Å². The molecule has 0 aromatic rings. The molecule has 1 amide bonds. The first-order valence-corrected chi connectivity index (χ1v) is 6.31. The van der Waals surface area contributed by atoms with E-state index in [2.05, 4.69) is 11.4 Å². The van der Waals surface area contributed by atoms with Gasteiger partial charge in [0.15, 0.2) is 0 Å². The van der Waals surface area contributed by atoms with E-state index >= 15 is 0 Å². The number of carbonyl (C=O) groups is 2. The lowest BCUT2D eigenvalue weighted by atomic mass is 9.90. The van der Waals surface area contributed by atoms with Crippen LogP contribution in [0.25, 0.3) is 0 Å². The quantitative estimate of drug-likeness (QED) is 0.682. The zero-order chi connectivity index (χ0) is 15.1. The lowest BCUT2D eigenvalue weighted by molar-refractivity contribution is -0.144. The summed E-state index contributed by atoms with van der Waals surface area (Å²) in [5, 5.41) is 11.8. The highest BCUT2D eigenvalue weighted by atomic mass is 16.5. The van der Waals surface area contributed by atoms with Crippen molar-refractivity contribution < 1.29 is 14.3 Å². The van der Waals surface area contributed by atoms with Crippen molar-refractivity contribution in [2.45, 2.75) is 33.2 Å². The minimum Gasteiger partial charge on any atom is -0.465 e. The van der Waals surface area contributed by atoms with Crippen molar-refractivity contribution in [3.63, 3.8) is 0 Å². The van der Waals surface area contributed by atoms with Crippen LogP contribution in [0.1, 0.15) is 27.7 Å². The molecule has 6 heteroatoms. The Morgan fingerprint density at radius 3 is 2.42 bits per heavy atom. The van der Waals surface area contributed by atoms with Crippen molar-refractivity contribution in [2.75, 3.05) is 26.7 Å². The third kappa shape index (κ3) is 6.20. The molecule has 0 heterocycles. The number of nitrogens with one attached hydrogen (secondary N) is 1. The molecule has 0 aliphatic carbocycles. The molecule has 1 N–H and O–H groups in total. The van der Waals surface area contributed by atoms with Crippen LogP contribution >= 0.6 is 0 Å². The molecule has 0 bridgehead atoms. The van der Waals surface area contributed by atoms with Gasteiger partial charge in [0.25, 0.3) is 0 Å². The van der Waals surface area contributed by atoms with E-state index in [4.69, 9.17) is 10.00 Å². The van der Waals surface area contributed by atoms with Crippen LogP contribution in [0, 0.1) is 17.2 Å². The van der Waals surface area contributed by atoms with Gasteiger partial charge in [0.05, 0.1) is 25.8 Å². The van der Waals surface area contributed by atoms with Gasteiger partial charge in [-0.1, -0.05) is 13.8 Å². The Morgan fingerprint density at radius 1 is 1.42 bits per heavy atom. The fourth-order valence-electron chi connectivity index (χ4n) is 1.36. The van der Waals surface area contributed by atoms with Crippen molar-refractivity contribution in [2.24, 2.45) is 5.92 Å². The minimum absolute atomic E-state index is 0.00295. The summed E-state index contributed by atoms with van der Waals surface area (Å²) in [6.45, 7) is 7.55. The molecule has 0 fully saturated rings. The second-order valence-electron chi connectivity index (χ2n) is 4.99. The highest BCUT2D eigenvalue weighted by Gasteiger charge is 2.30. The van der Waals surface area contributed by atoms with E-state index in [0.717, 1.165) is 0 Å². The van der Waals surface area contributed by atoms with Crippen molar-refractivity contribution in [1.82, 2.24) is 10.2 Å². The van der Waals surface area contributed by atoms with Crippen LogP contribution in [-0.4, -0.2) is 49.1 Å². The van der Waals surface area contributed by atoms with Crippen LogP contribution in [0.4, 0.5) is 0 Å². The van der Waals surface area contributed by atoms with Gasteiger partial charge in [-0.15, -0.1) is 0 Å². The Balaban J connectivity index is 4.32. The van der Waals surface area contributed by atoms with E-state index in [1.165, 1.54) is 0 Å². The van der Waals surface area contributed by atoms with Crippen LogP contribution in [0.5, 0.6) is 0 Å². The highest BCUT2D eigenvalue weighted by molar-refractivity contribution is 5.80. The minimum atomic E-state index is -0.901. The standard InChI is InChI=1S/C13H23N3O3/c1-6-19-12(18)8-16(5)7-11(17)15-13(4,9-14)10(2)3/h10H,6-8H2,1-5H3,(H,15,17). The number of likely N-dealkylation sites (N-methyl/N-ethyl adjacent to an activating group) is 1. The normalized spacial score (nSPS) is 13.8. The number of ether oxygens (including phenoxy) is 1. The molecule has 6 nitrogen and oxygen atoms in total. The van der Waals surface area contributed by atoms with Gasteiger partial charge < -0.3 is 10.1 Å². The number of nitriles is 1. The summed E-state index contributed by atoms with van der Waals surface area (Å²) < 4.78 is 4.79. The number of hydrogen-bond acceptors (Lipinski definition) is 5. The Kier molecular flexibility index (Phi) is 7.09. The molecule has 0 saturated carbocycles. The predicted octanol–water partition coefficient (Wildman–Crippen LogP) is 0.536.